The summed E-state index contributed by atoms with van der Waals surface area (Å²) in [6, 6.07) is 19.8. The van der Waals surface area contributed by atoms with Crippen molar-refractivity contribution in [3.63, 3.8) is 0 Å². The molecule has 0 fully saturated rings. The molecule has 5 heteroatoms. The maximum absolute atomic E-state index is 11.7. The Morgan fingerprint density at radius 3 is 1.87 bits per heavy atom. The highest BCUT2D eigenvalue weighted by atomic mass is 28.4. The van der Waals surface area contributed by atoms with Gasteiger partial charge in [-0.05, 0) is 24.0 Å². The van der Waals surface area contributed by atoms with Crippen molar-refractivity contribution in [2.24, 2.45) is 0 Å². The lowest BCUT2D eigenvalue weighted by atomic mass is 10.4. The van der Waals surface area contributed by atoms with Crippen LogP contribution in [0.3, 0.4) is 0 Å². The van der Waals surface area contributed by atoms with E-state index in [0.717, 1.165) is 10.4 Å². The second-order valence-corrected chi connectivity index (χ2v) is 12.7. The highest BCUT2D eigenvalue weighted by Gasteiger charge is 2.46. The first-order chi connectivity index (χ1) is 10.9. The van der Waals surface area contributed by atoms with Crippen LogP contribution in [0, 0.1) is 0 Å². The number of hydrogen-bond donors (Lipinski definition) is 0. The number of carbonyl (C=O) groups excluding carboxylic acids is 1. The fraction of sp³-hybridized carbons (Fsp3) is 0.167. The number of carbonyl (C=O) groups is 1. The number of rotatable bonds is 6. The van der Waals surface area contributed by atoms with Gasteiger partial charge in [0.2, 0.25) is 8.32 Å². The van der Waals surface area contributed by atoms with E-state index < -0.39 is 16.9 Å². The van der Waals surface area contributed by atoms with E-state index in [1.54, 1.807) is 5.70 Å². The summed E-state index contributed by atoms with van der Waals surface area (Å²) in [5.74, 6) is -0.349. The van der Waals surface area contributed by atoms with E-state index in [0.29, 0.717) is 0 Å². The zero-order valence-corrected chi connectivity index (χ0v) is 15.8. The van der Waals surface area contributed by atoms with Gasteiger partial charge in [0.1, 0.15) is 0 Å². The van der Waals surface area contributed by atoms with Crippen molar-refractivity contribution in [2.75, 3.05) is 0 Å². The molecule has 0 amide bonds. The molecule has 0 heterocycles. The minimum absolute atomic E-state index is 0.349. The standard InChI is InChI=1S/C18H22O3Si2/c1-5-23(20-16(2)19,18-14-10-7-11-15-18)21-22(3,4)17-12-8-6-9-13-17/h5-15H,1H2,2-4H3. The molecule has 2 aromatic carbocycles. The van der Waals surface area contributed by atoms with Gasteiger partial charge in [-0.25, -0.2) is 0 Å². The van der Waals surface area contributed by atoms with E-state index in [9.17, 15) is 4.79 Å². The van der Waals surface area contributed by atoms with Gasteiger partial charge in [-0.2, -0.15) is 0 Å². The van der Waals surface area contributed by atoms with Crippen LogP contribution in [0.5, 0.6) is 0 Å². The topological polar surface area (TPSA) is 35.5 Å². The van der Waals surface area contributed by atoms with Crippen molar-refractivity contribution in [3.05, 3.63) is 72.9 Å². The van der Waals surface area contributed by atoms with Crippen molar-refractivity contribution >= 4 is 33.2 Å². The van der Waals surface area contributed by atoms with Gasteiger partial charge in [0.05, 0.1) is 0 Å². The monoisotopic (exact) mass is 342 g/mol. The highest BCUT2D eigenvalue weighted by molar-refractivity contribution is 6.97. The van der Waals surface area contributed by atoms with Crippen LogP contribution in [-0.4, -0.2) is 22.8 Å². The van der Waals surface area contributed by atoms with Crippen LogP contribution >= 0.6 is 0 Å². The summed E-state index contributed by atoms with van der Waals surface area (Å²) in [7, 11) is -5.32. The second kappa shape index (κ2) is 7.08. The fourth-order valence-corrected chi connectivity index (χ4v) is 9.49. The molecule has 120 valence electrons. The summed E-state index contributed by atoms with van der Waals surface area (Å²) in [5, 5.41) is 2.04. The molecule has 2 rings (SSSR count). The summed E-state index contributed by atoms with van der Waals surface area (Å²) < 4.78 is 12.3. The fourth-order valence-electron chi connectivity index (χ4n) is 2.50. The van der Waals surface area contributed by atoms with E-state index in [1.165, 1.54) is 6.92 Å². The molecule has 1 unspecified atom stereocenters. The molecule has 0 radical (unpaired) electrons. The Balaban J connectivity index is 2.46. The van der Waals surface area contributed by atoms with Gasteiger partial charge in [-0.15, -0.1) is 6.58 Å². The first-order valence-corrected chi connectivity index (χ1v) is 12.3. The van der Waals surface area contributed by atoms with Crippen molar-refractivity contribution in [2.45, 2.75) is 20.0 Å². The van der Waals surface area contributed by atoms with Gasteiger partial charge < -0.3 is 8.54 Å². The molecule has 0 saturated carbocycles. The summed E-state index contributed by atoms with van der Waals surface area (Å²) >= 11 is 0. The third kappa shape index (κ3) is 4.07. The zero-order chi connectivity index (χ0) is 16.9. The van der Waals surface area contributed by atoms with Gasteiger partial charge in [0, 0.05) is 12.1 Å². The molecule has 0 saturated heterocycles. The van der Waals surface area contributed by atoms with Crippen molar-refractivity contribution in [1.82, 2.24) is 0 Å². The molecule has 2 aromatic rings. The molecule has 1 atom stereocenters. The Hall–Kier alpha value is -1.96. The molecule has 3 nitrogen and oxygen atoms in total. The predicted octanol–water partition coefficient (Wildman–Crippen LogP) is 2.75. The largest absolute Gasteiger partial charge is 0.488 e. The van der Waals surface area contributed by atoms with Crippen molar-refractivity contribution in [1.29, 1.82) is 0 Å². The van der Waals surface area contributed by atoms with E-state index in [-0.39, 0.29) is 5.97 Å². The van der Waals surface area contributed by atoms with Crippen LogP contribution in [0.1, 0.15) is 6.92 Å². The van der Waals surface area contributed by atoms with Gasteiger partial charge in [-0.1, -0.05) is 60.7 Å². The first kappa shape index (κ1) is 17.4. The Labute approximate surface area is 140 Å². The highest BCUT2D eigenvalue weighted by Crippen LogP contribution is 2.18. The summed E-state index contributed by atoms with van der Waals surface area (Å²) in [6.45, 7) is 9.56. The normalized spacial score (nSPS) is 13.9. The molecule has 0 aliphatic carbocycles. The third-order valence-electron chi connectivity index (χ3n) is 3.62. The maximum Gasteiger partial charge on any atom is 0.452 e. The van der Waals surface area contributed by atoms with Gasteiger partial charge >= 0.3 is 8.56 Å². The minimum atomic E-state index is -3.05. The Bertz CT molecular complexity index is 671. The van der Waals surface area contributed by atoms with E-state index in [4.69, 9.17) is 8.54 Å². The SMILES string of the molecule is C=C[Si](OC(C)=O)(O[Si](C)(C)c1ccccc1)c1ccccc1. The van der Waals surface area contributed by atoms with E-state index in [1.807, 2.05) is 48.5 Å². The number of hydrogen-bond acceptors (Lipinski definition) is 3. The Kier molecular flexibility index (Phi) is 5.36. The molecule has 0 aliphatic rings. The molecule has 0 aliphatic heterocycles. The van der Waals surface area contributed by atoms with Crippen LogP contribution in [-0.2, 0) is 13.3 Å². The van der Waals surface area contributed by atoms with Crippen molar-refractivity contribution < 1.29 is 13.3 Å². The molecular formula is C18H22O3Si2. The smallest absolute Gasteiger partial charge is 0.452 e. The predicted molar refractivity (Wildman–Crippen MR) is 98.4 cm³/mol. The molecule has 23 heavy (non-hydrogen) atoms. The molecular weight excluding hydrogens is 320 g/mol. The lowest BCUT2D eigenvalue weighted by Crippen LogP contribution is -2.62. The van der Waals surface area contributed by atoms with Crippen LogP contribution in [0.25, 0.3) is 0 Å². The molecule has 0 spiro atoms. The summed E-state index contributed by atoms with van der Waals surface area (Å²) in [4.78, 5) is 11.7. The Morgan fingerprint density at radius 2 is 1.43 bits per heavy atom. The quantitative estimate of drug-likeness (QED) is 0.757. The lowest BCUT2D eigenvalue weighted by Gasteiger charge is -2.35. The first-order valence-electron chi connectivity index (χ1n) is 7.54. The average molecular weight is 343 g/mol. The molecule has 0 bridgehead atoms. The molecule has 0 N–H and O–H groups in total. The average Bonchev–Trinajstić information content (AvgIpc) is 2.55. The molecule has 0 aromatic heterocycles. The minimum Gasteiger partial charge on any atom is -0.488 e. The van der Waals surface area contributed by atoms with Crippen LogP contribution < -0.4 is 10.4 Å². The summed E-state index contributed by atoms with van der Waals surface area (Å²) in [6.07, 6.45) is 0. The van der Waals surface area contributed by atoms with Crippen LogP contribution in [0.15, 0.2) is 72.9 Å². The van der Waals surface area contributed by atoms with Gasteiger partial charge in [0.25, 0.3) is 5.97 Å². The van der Waals surface area contributed by atoms with Crippen LogP contribution in [0.4, 0.5) is 0 Å². The van der Waals surface area contributed by atoms with Crippen molar-refractivity contribution in [3.8, 4) is 0 Å². The second-order valence-electron chi connectivity index (χ2n) is 5.81. The third-order valence-corrected chi connectivity index (χ3v) is 10.9. The van der Waals surface area contributed by atoms with E-state index >= 15 is 0 Å². The Morgan fingerprint density at radius 1 is 0.957 bits per heavy atom. The van der Waals surface area contributed by atoms with Gasteiger partial charge in [0.15, 0.2) is 0 Å². The van der Waals surface area contributed by atoms with Gasteiger partial charge in [-0.3, -0.25) is 4.79 Å². The maximum atomic E-state index is 11.7. The van der Waals surface area contributed by atoms with E-state index in [2.05, 4.69) is 31.8 Å². The van der Waals surface area contributed by atoms with Crippen LogP contribution in [0.2, 0.25) is 13.1 Å². The summed E-state index contributed by atoms with van der Waals surface area (Å²) in [5.41, 5.74) is 1.70. The lowest BCUT2D eigenvalue weighted by molar-refractivity contribution is -0.133. The zero-order valence-electron chi connectivity index (χ0n) is 13.8. The number of benzene rings is 2.